The van der Waals surface area contributed by atoms with Crippen LogP contribution in [0.1, 0.15) is 58.7 Å². The zero-order valence-corrected chi connectivity index (χ0v) is 15.3. The van der Waals surface area contributed by atoms with E-state index in [0.717, 1.165) is 30.4 Å². The molecule has 1 aliphatic heterocycles. The summed E-state index contributed by atoms with van der Waals surface area (Å²) < 4.78 is 24.3. The Kier molecular flexibility index (Phi) is 3.92. The first-order valence-corrected chi connectivity index (χ1v) is 10.5. The lowest BCUT2D eigenvalue weighted by Gasteiger charge is -2.29. The molecule has 5 nitrogen and oxygen atoms in total. The van der Waals surface area contributed by atoms with Crippen LogP contribution in [-0.2, 0) is 16.3 Å². The molecule has 1 aromatic heterocycles. The number of sulfone groups is 1. The molecular weight excluding hydrogens is 334 g/mol. The van der Waals surface area contributed by atoms with Crippen molar-refractivity contribution in [1.82, 2.24) is 4.90 Å². The van der Waals surface area contributed by atoms with Crippen LogP contribution in [0, 0.1) is 5.41 Å². The predicted molar refractivity (Wildman–Crippen MR) is 89.0 cm³/mol. The number of likely N-dealkylation sites (tertiary alicyclic amines) is 1. The van der Waals surface area contributed by atoms with Crippen molar-refractivity contribution in [2.75, 3.05) is 19.3 Å². The number of thiophene rings is 1. The van der Waals surface area contributed by atoms with Gasteiger partial charge in [-0.15, -0.1) is 11.3 Å². The Morgan fingerprint density at radius 2 is 1.78 bits per heavy atom. The van der Waals surface area contributed by atoms with Gasteiger partial charge in [0.25, 0.3) is 5.91 Å². The maximum atomic E-state index is 12.8. The van der Waals surface area contributed by atoms with Crippen molar-refractivity contribution in [3.63, 3.8) is 0 Å². The number of hydrogen-bond donors (Lipinski definition) is 0. The second-order valence-electron chi connectivity index (χ2n) is 7.28. The third kappa shape index (κ3) is 2.96. The van der Waals surface area contributed by atoms with Gasteiger partial charge in [-0.2, -0.15) is 0 Å². The first-order chi connectivity index (χ1) is 10.6. The highest BCUT2D eigenvalue weighted by Crippen LogP contribution is 2.43. The van der Waals surface area contributed by atoms with Gasteiger partial charge in [-0.05, 0) is 30.2 Å². The summed E-state index contributed by atoms with van der Waals surface area (Å²) in [6.45, 7) is 5.37. The van der Waals surface area contributed by atoms with Crippen molar-refractivity contribution in [3.8, 4) is 0 Å². The fourth-order valence-electron chi connectivity index (χ4n) is 3.45. The lowest BCUT2D eigenvalue weighted by atomic mass is 9.74. The molecule has 0 radical (unpaired) electrons. The van der Waals surface area contributed by atoms with Gasteiger partial charge in [-0.25, -0.2) is 8.42 Å². The number of amides is 1. The first-order valence-electron chi connectivity index (χ1n) is 7.78. The van der Waals surface area contributed by atoms with E-state index in [1.807, 2.05) is 13.8 Å². The third-order valence-corrected chi connectivity index (χ3v) is 7.52. The van der Waals surface area contributed by atoms with Crippen LogP contribution in [0.15, 0.2) is 4.21 Å². The molecule has 2 heterocycles. The van der Waals surface area contributed by atoms with Crippen LogP contribution in [-0.4, -0.2) is 44.4 Å². The number of hydrogen-bond acceptors (Lipinski definition) is 5. The molecule has 1 aliphatic carbocycles. The molecule has 0 atom stereocenters. The SMILES string of the molecule is CC1(C)CC(=O)c2c(S(C)(=O)=O)sc(C(=O)N3CCCC3)c2C1. The second-order valence-corrected chi connectivity index (χ2v) is 10.5. The minimum atomic E-state index is -3.52. The van der Waals surface area contributed by atoms with Crippen LogP contribution in [0.5, 0.6) is 0 Å². The molecule has 126 valence electrons. The second kappa shape index (κ2) is 5.41. The highest BCUT2D eigenvalue weighted by Gasteiger charge is 2.40. The minimum Gasteiger partial charge on any atom is -0.338 e. The number of carbonyl (C=O) groups excluding carboxylic acids is 2. The quantitative estimate of drug-likeness (QED) is 0.817. The Morgan fingerprint density at radius 1 is 1.17 bits per heavy atom. The summed E-state index contributed by atoms with van der Waals surface area (Å²) in [5.41, 5.74) is 0.674. The highest BCUT2D eigenvalue weighted by molar-refractivity contribution is 7.92. The van der Waals surface area contributed by atoms with Gasteiger partial charge in [0.15, 0.2) is 15.6 Å². The van der Waals surface area contributed by atoms with Crippen LogP contribution >= 0.6 is 11.3 Å². The maximum Gasteiger partial charge on any atom is 0.264 e. The monoisotopic (exact) mass is 355 g/mol. The minimum absolute atomic E-state index is 0.0653. The molecule has 1 aromatic rings. The fraction of sp³-hybridized carbons (Fsp3) is 0.625. The van der Waals surface area contributed by atoms with Crippen molar-refractivity contribution in [3.05, 3.63) is 16.0 Å². The van der Waals surface area contributed by atoms with Crippen LogP contribution in [0.4, 0.5) is 0 Å². The highest BCUT2D eigenvalue weighted by atomic mass is 32.2. The van der Waals surface area contributed by atoms with E-state index >= 15 is 0 Å². The van der Waals surface area contributed by atoms with Crippen molar-refractivity contribution >= 4 is 32.9 Å². The lowest BCUT2D eigenvalue weighted by molar-refractivity contribution is 0.0795. The Morgan fingerprint density at radius 3 is 2.35 bits per heavy atom. The summed E-state index contributed by atoms with van der Waals surface area (Å²) in [6.07, 6.45) is 3.94. The molecule has 23 heavy (non-hydrogen) atoms. The summed E-state index contributed by atoms with van der Waals surface area (Å²) in [6, 6.07) is 0. The van der Waals surface area contributed by atoms with Gasteiger partial charge in [-0.1, -0.05) is 13.8 Å². The van der Waals surface area contributed by atoms with Crippen LogP contribution in [0.2, 0.25) is 0 Å². The van der Waals surface area contributed by atoms with Crippen molar-refractivity contribution < 1.29 is 18.0 Å². The third-order valence-electron chi connectivity index (χ3n) is 4.47. The van der Waals surface area contributed by atoms with E-state index in [-0.39, 0.29) is 26.9 Å². The number of Topliss-reactive ketones (excluding diaryl/α,β-unsaturated/α-hetero) is 1. The standard InChI is InChI=1S/C16H21NO4S2/c1-16(2)8-10-12(11(18)9-16)15(23(3,20)21)22-13(10)14(19)17-6-4-5-7-17/h4-9H2,1-3H3. The van der Waals surface area contributed by atoms with Crippen molar-refractivity contribution in [2.45, 2.75) is 43.7 Å². The van der Waals surface area contributed by atoms with E-state index in [1.54, 1.807) is 4.90 Å². The van der Waals surface area contributed by atoms with Gasteiger partial charge >= 0.3 is 0 Å². The molecule has 1 fully saturated rings. The molecule has 0 spiro atoms. The molecule has 1 saturated heterocycles. The Labute approximate surface area is 140 Å². The van der Waals surface area contributed by atoms with Gasteiger partial charge in [-0.3, -0.25) is 9.59 Å². The first kappa shape index (κ1) is 16.6. The average molecular weight is 355 g/mol. The van der Waals surface area contributed by atoms with Crippen LogP contribution in [0.25, 0.3) is 0 Å². The molecule has 0 bridgehead atoms. The molecule has 0 saturated carbocycles. The van der Waals surface area contributed by atoms with E-state index in [1.165, 1.54) is 0 Å². The maximum absolute atomic E-state index is 12.8. The number of ketones is 1. The molecular formula is C16H21NO4S2. The normalized spacial score (nSPS) is 20.7. The summed E-state index contributed by atoms with van der Waals surface area (Å²) in [5, 5.41) is 0. The molecule has 7 heteroatoms. The topological polar surface area (TPSA) is 71.5 Å². The number of carbonyl (C=O) groups is 2. The van der Waals surface area contributed by atoms with E-state index < -0.39 is 9.84 Å². The summed E-state index contributed by atoms with van der Waals surface area (Å²) in [4.78, 5) is 27.6. The van der Waals surface area contributed by atoms with Gasteiger partial charge in [0, 0.05) is 25.8 Å². The molecule has 3 rings (SSSR count). The summed E-state index contributed by atoms with van der Waals surface area (Å²) in [7, 11) is -3.52. The lowest BCUT2D eigenvalue weighted by Crippen LogP contribution is -2.31. The van der Waals surface area contributed by atoms with Crippen LogP contribution in [0.3, 0.4) is 0 Å². The number of nitrogens with zero attached hydrogens (tertiary/aromatic N) is 1. The van der Waals surface area contributed by atoms with Gasteiger partial charge in [0.1, 0.15) is 4.21 Å². The van der Waals surface area contributed by atoms with Gasteiger partial charge < -0.3 is 4.90 Å². The number of fused-ring (bicyclic) bond motifs is 1. The smallest absolute Gasteiger partial charge is 0.264 e. The largest absolute Gasteiger partial charge is 0.338 e. The molecule has 0 aromatic carbocycles. The van der Waals surface area contributed by atoms with E-state index in [0.29, 0.717) is 36.4 Å². The van der Waals surface area contributed by atoms with Crippen molar-refractivity contribution in [1.29, 1.82) is 0 Å². The average Bonchev–Trinajstić information content (AvgIpc) is 3.02. The summed E-state index contributed by atoms with van der Waals surface area (Å²) >= 11 is 0.982. The predicted octanol–water partition coefficient (Wildman–Crippen LogP) is 2.54. The zero-order chi connectivity index (χ0) is 17.0. The van der Waals surface area contributed by atoms with E-state index in [4.69, 9.17) is 0 Å². The van der Waals surface area contributed by atoms with Gasteiger partial charge in [0.05, 0.1) is 10.4 Å². The van der Waals surface area contributed by atoms with Gasteiger partial charge in [0.2, 0.25) is 0 Å². The fourth-order valence-corrected chi connectivity index (χ4v) is 5.96. The number of rotatable bonds is 2. The molecule has 2 aliphatic rings. The van der Waals surface area contributed by atoms with Crippen LogP contribution < -0.4 is 0 Å². The Balaban J connectivity index is 2.17. The summed E-state index contributed by atoms with van der Waals surface area (Å²) in [5.74, 6) is -0.280. The Bertz CT molecular complexity index is 783. The molecule has 1 amide bonds. The Hall–Kier alpha value is -1.21. The van der Waals surface area contributed by atoms with Crippen molar-refractivity contribution in [2.24, 2.45) is 5.41 Å². The molecule has 0 N–H and O–H groups in total. The van der Waals surface area contributed by atoms with E-state index in [2.05, 4.69) is 0 Å². The molecule has 0 unspecified atom stereocenters. The zero-order valence-electron chi connectivity index (χ0n) is 13.6. The van der Waals surface area contributed by atoms with E-state index in [9.17, 15) is 18.0 Å².